The van der Waals surface area contributed by atoms with Crippen molar-refractivity contribution in [2.45, 2.75) is 32.0 Å². The molecule has 2 aromatic heterocycles. The molecular weight excluding hydrogens is 474 g/mol. The summed E-state index contributed by atoms with van der Waals surface area (Å²) in [5.74, 6) is 1.05. The zero-order chi connectivity index (χ0) is 25.2. The van der Waals surface area contributed by atoms with Crippen molar-refractivity contribution in [3.63, 3.8) is 0 Å². The van der Waals surface area contributed by atoms with Crippen molar-refractivity contribution < 1.29 is 19.1 Å². The number of furan rings is 1. The lowest BCUT2D eigenvalue weighted by Gasteiger charge is -2.26. The van der Waals surface area contributed by atoms with Crippen LogP contribution in [0.15, 0.2) is 89.5 Å². The lowest BCUT2D eigenvalue weighted by molar-refractivity contribution is 0.0697. The molecule has 2 atom stereocenters. The molecule has 1 aliphatic rings. The molecule has 8 heteroatoms. The Kier molecular flexibility index (Phi) is 6.43. The Morgan fingerprint density at radius 1 is 1.08 bits per heavy atom. The van der Waals surface area contributed by atoms with E-state index in [-0.39, 0.29) is 23.8 Å². The summed E-state index contributed by atoms with van der Waals surface area (Å²) in [6, 6.07) is 23.4. The molecule has 0 aliphatic carbocycles. The number of nitrogens with zero attached hydrogens (tertiary/aromatic N) is 2. The maximum Gasteiger partial charge on any atom is 0.335 e. The highest BCUT2D eigenvalue weighted by Gasteiger charge is 2.42. The largest absolute Gasteiger partial charge is 0.491 e. The van der Waals surface area contributed by atoms with Crippen molar-refractivity contribution >= 4 is 29.0 Å². The molecule has 0 amide bonds. The Hall–Kier alpha value is -4.17. The number of rotatable bonds is 7. The first-order valence-corrected chi connectivity index (χ1v) is 12.0. The van der Waals surface area contributed by atoms with Gasteiger partial charge in [0.15, 0.2) is 5.11 Å². The van der Waals surface area contributed by atoms with E-state index in [1.807, 2.05) is 79.4 Å². The number of benzene rings is 2. The second-order valence-corrected chi connectivity index (χ2v) is 9.13. The molecule has 0 unspecified atom stereocenters. The third-order valence-electron chi connectivity index (χ3n) is 5.90. The quantitative estimate of drug-likeness (QED) is 0.299. The van der Waals surface area contributed by atoms with Crippen molar-refractivity contribution in [2.24, 2.45) is 0 Å². The zero-order valence-corrected chi connectivity index (χ0v) is 20.6. The summed E-state index contributed by atoms with van der Waals surface area (Å²) in [6.45, 7) is 3.98. The lowest BCUT2D eigenvalue weighted by Crippen LogP contribution is -2.29. The molecule has 7 nitrogen and oxygen atoms in total. The summed E-state index contributed by atoms with van der Waals surface area (Å²) < 4.78 is 12.1. The molecule has 2 aromatic carbocycles. The van der Waals surface area contributed by atoms with E-state index in [4.69, 9.17) is 21.4 Å². The number of carboxylic acids is 1. The number of anilines is 1. The first-order chi connectivity index (χ1) is 17.4. The van der Waals surface area contributed by atoms with Crippen LogP contribution in [0.5, 0.6) is 5.75 Å². The van der Waals surface area contributed by atoms with Crippen molar-refractivity contribution in [1.82, 2.24) is 10.3 Å². The summed E-state index contributed by atoms with van der Waals surface area (Å²) in [7, 11) is 0. The van der Waals surface area contributed by atoms with E-state index in [1.54, 1.807) is 24.4 Å². The summed E-state index contributed by atoms with van der Waals surface area (Å²) >= 11 is 5.77. The standard InChI is InChI=1S/C28H25N3O4S/c1-17(2)34-21-11-9-20(10-12-21)31-26(25(30-28(31)36)22-8-3-4-15-29-22)24-14-13-23(35-24)18-6-5-7-19(16-18)27(32)33/h3-17,25-26H,1-2H3,(H,30,36)(H,32,33)/t25-,26+/m1/s1. The minimum absolute atomic E-state index is 0.0767. The van der Waals surface area contributed by atoms with Gasteiger partial charge in [0, 0.05) is 17.4 Å². The number of thiocarbonyl (C=S) groups is 1. The van der Waals surface area contributed by atoms with Gasteiger partial charge in [0.2, 0.25) is 0 Å². The van der Waals surface area contributed by atoms with Crippen LogP contribution in [-0.4, -0.2) is 27.3 Å². The van der Waals surface area contributed by atoms with Gasteiger partial charge in [-0.3, -0.25) is 4.98 Å². The normalized spacial score (nSPS) is 17.3. The first kappa shape index (κ1) is 23.6. The molecular formula is C28H25N3O4S. The molecule has 1 aliphatic heterocycles. The first-order valence-electron chi connectivity index (χ1n) is 11.6. The Morgan fingerprint density at radius 3 is 2.58 bits per heavy atom. The van der Waals surface area contributed by atoms with E-state index in [1.165, 1.54) is 0 Å². The number of carbonyl (C=O) groups is 1. The van der Waals surface area contributed by atoms with Gasteiger partial charge in [-0.2, -0.15) is 0 Å². The average Bonchev–Trinajstić information content (AvgIpc) is 3.49. The Balaban J connectivity index is 1.55. The number of aromatic carboxylic acids is 1. The number of hydrogen-bond donors (Lipinski definition) is 2. The highest BCUT2D eigenvalue weighted by molar-refractivity contribution is 7.80. The number of nitrogens with one attached hydrogen (secondary N) is 1. The fraction of sp³-hybridized carbons (Fsp3) is 0.179. The van der Waals surface area contributed by atoms with Gasteiger partial charge in [-0.15, -0.1) is 0 Å². The van der Waals surface area contributed by atoms with Crippen LogP contribution in [0.3, 0.4) is 0 Å². The van der Waals surface area contributed by atoms with E-state index in [0.717, 1.165) is 17.1 Å². The van der Waals surface area contributed by atoms with E-state index >= 15 is 0 Å². The number of aromatic nitrogens is 1. The predicted molar refractivity (Wildman–Crippen MR) is 141 cm³/mol. The van der Waals surface area contributed by atoms with E-state index < -0.39 is 5.97 Å². The smallest absolute Gasteiger partial charge is 0.335 e. The van der Waals surface area contributed by atoms with Crippen LogP contribution in [0.2, 0.25) is 0 Å². The van der Waals surface area contributed by atoms with Crippen LogP contribution in [0, 0.1) is 0 Å². The van der Waals surface area contributed by atoms with Crippen LogP contribution in [0.1, 0.15) is 47.7 Å². The maximum absolute atomic E-state index is 11.4. The number of carboxylic acid groups (broad SMARTS) is 1. The molecule has 36 heavy (non-hydrogen) atoms. The third kappa shape index (κ3) is 4.67. The van der Waals surface area contributed by atoms with Crippen LogP contribution in [0.4, 0.5) is 5.69 Å². The van der Waals surface area contributed by atoms with Gasteiger partial charge in [-0.05, 0) is 86.7 Å². The van der Waals surface area contributed by atoms with Gasteiger partial charge in [0.25, 0.3) is 0 Å². The second-order valence-electron chi connectivity index (χ2n) is 8.75. The summed E-state index contributed by atoms with van der Waals surface area (Å²) in [6.07, 6.45) is 1.83. The number of ether oxygens (including phenoxy) is 1. The van der Waals surface area contributed by atoms with Crippen LogP contribution >= 0.6 is 12.2 Å². The van der Waals surface area contributed by atoms with Gasteiger partial charge >= 0.3 is 5.97 Å². The van der Waals surface area contributed by atoms with Gasteiger partial charge in [0.1, 0.15) is 23.3 Å². The monoisotopic (exact) mass is 499 g/mol. The predicted octanol–water partition coefficient (Wildman–Crippen LogP) is 6.00. The van der Waals surface area contributed by atoms with E-state index in [9.17, 15) is 9.90 Å². The van der Waals surface area contributed by atoms with Gasteiger partial charge in [-0.1, -0.05) is 18.2 Å². The van der Waals surface area contributed by atoms with Crippen LogP contribution in [0.25, 0.3) is 11.3 Å². The highest BCUT2D eigenvalue weighted by Crippen LogP contribution is 2.43. The van der Waals surface area contributed by atoms with Crippen molar-refractivity contribution in [3.8, 4) is 17.1 Å². The fourth-order valence-electron chi connectivity index (χ4n) is 4.35. The molecule has 0 spiro atoms. The summed E-state index contributed by atoms with van der Waals surface area (Å²) in [5.41, 5.74) is 2.60. The third-order valence-corrected chi connectivity index (χ3v) is 6.21. The van der Waals surface area contributed by atoms with Gasteiger partial charge < -0.3 is 24.5 Å². The van der Waals surface area contributed by atoms with Gasteiger partial charge in [-0.25, -0.2) is 4.79 Å². The Bertz CT molecular complexity index is 1390. The van der Waals surface area contributed by atoms with Gasteiger partial charge in [0.05, 0.1) is 23.4 Å². The summed E-state index contributed by atoms with van der Waals surface area (Å²) in [5, 5.41) is 13.3. The zero-order valence-electron chi connectivity index (χ0n) is 19.8. The van der Waals surface area contributed by atoms with Crippen LogP contribution < -0.4 is 15.0 Å². The Morgan fingerprint density at radius 2 is 1.89 bits per heavy atom. The maximum atomic E-state index is 11.4. The minimum Gasteiger partial charge on any atom is -0.491 e. The minimum atomic E-state index is -0.986. The second kappa shape index (κ2) is 9.83. The topological polar surface area (TPSA) is 87.8 Å². The molecule has 1 saturated heterocycles. The number of pyridine rings is 1. The summed E-state index contributed by atoms with van der Waals surface area (Å²) in [4.78, 5) is 18.0. The van der Waals surface area contributed by atoms with Crippen LogP contribution in [-0.2, 0) is 0 Å². The Labute approximate surface area is 214 Å². The van der Waals surface area contributed by atoms with E-state index in [0.29, 0.717) is 22.2 Å². The molecule has 1 fully saturated rings. The average molecular weight is 500 g/mol. The van der Waals surface area contributed by atoms with Crippen molar-refractivity contribution in [2.75, 3.05) is 4.90 Å². The molecule has 0 bridgehead atoms. The highest BCUT2D eigenvalue weighted by atomic mass is 32.1. The molecule has 5 rings (SSSR count). The number of hydrogen-bond acceptors (Lipinski definition) is 5. The van der Waals surface area contributed by atoms with Crippen molar-refractivity contribution in [3.05, 3.63) is 102 Å². The lowest BCUT2D eigenvalue weighted by atomic mass is 10.0. The molecule has 4 aromatic rings. The fourth-order valence-corrected chi connectivity index (χ4v) is 4.70. The molecule has 0 saturated carbocycles. The molecule has 3 heterocycles. The van der Waals surface area contributed by atoms with Crippen molar-refractivity contribution in [1.29, 1.82) is 0 Å². The molecule has 182 valence electrons. The molecule has 0 radical (unpaired) electrons. The van der Waals surface area contributed by atoms with E-state index in [2.05, 4.69) is 10.3 Å². The SMILES string of the molecule is CC(C)Oc1ccc(N2C(=S)N[C@H](c3ccccn3)[C@@H]2c2ccc(-c3cccc(C(=O)O)c3)o2)cc1. The molecule has 2 N–H and O–H groups in total.